The Morgan fingerprint density at radius 2 is 1.11 bits per heavy atom. The highest BCUT2D eigenvalue weighted by Crippen LogP contribution is 2.43. The molecule has 47 heavy (non-hydrogen) atoms. The van der Waals surface area contributed by atoms with Crippen molar-refractivity contribution in [1.29, 1.82) is 0 Å². The lowest BCUT2D eigenvalue weighted by molar-refractivity contribution is -0.0491. The zero-order chi connectivity index (χ0) is 34.5. The molecule has 8 heteroatoms. The standard InChI is InChI=1S/C39H76NO6P/c1-3-5-7-9-11-13-15-17-19-21-23-25-27-29-31-33-38(46-39(36-41)37-45-47(42,43)44-35-34-40)32-30-28-26-24-22-20-18-16-14-12-10-8-6-4-2/h11,13,17,19,30,32,38-39,41H,3-10,12,14-16,18,20-29,31,33-37,40H2,1-2H3,(H,42,43)/b13-11-,19-17-,32-30-/t38?,39-/m0/s1. The molecule has 0 rings (SSSR count). The Hall–Kier alpha value is -0.790. The maximum atomic E-state index is 12.0. The second kappa shape index (κ2) is 36.5. The molecule has 0 heterocycles. The average Bonchev–Trinajstić information content (AvgIpc) is 3.07. The predicted octanol–water partition coefficient (Wildman–Crippen LogP) is 11.3. The molecular weight excluding hydrogens is 609 g/mol. The number of rotatable bonds is 37. The van der Waals surface area contributed by atoms with Gasteiger partial charge in [-0.15, -0.1) is 0 Å². The minimum absolute atomic E-state index is 0.0737. The van der Waals surface area contributed by atoms with Crippen molar-refractivity contribution in [2.24, 2.45) is 5.73 Å². The quantitative estimate of drug-likeness (QED) is 0.0339. The zero-order valence-corrected chi connectivity index (χ0v) is 31.6. The van der Waals surface area contributed by atoms with Crippen LogP contribution in [0, 0.1) is 0 Å². The first-order valence-corrected chi connectivity index (χ1v) is 21.0. The van der Waals surface area contributed by atoms with E-state index in [1.54, 1.807) is 0 Å². The highest BCUT2D eigenvalue weighted by atomic mass is 31.2. The number of phosphoric acid groups is 1. The summed E-state index contributed by atoms with van der Waals surface area (Å²) in [6.07, 6.45) is 43.6. The SMILES string of the molecule is CCCCC/C=C\C/C=C\CCCCCCCC(/C=C\CCCCCCCCCCCCCC)O[C@@H](CO)COP(=O)(O)OCCN. The Bertz CT molecular complexity index is 775. The molecule has 0 bridgehead atoms. The highest BCUT2D eigenvalue weighted by molar-refractivity contribution is 7.47. The van der Waals surface area contributed by atoms with E-state index >= 15 is 0 Å². The van der Waals surface area contributed by atoms with Gasteiger partial charge in [0, 0.05) is 6.54 Å². The van der Waals surface area contributed by atoms with Gasteiger partial charge < -0.3 is 20.5 Å². The first-order valence-electron chi connectivity index (χ1n) is 19.5. The summed E-state index contributed by atoms with van der Waals surface area (Å²) in [5, 5.41) is 9.88. The molecule has 0 fully saturated rings. The highest BCUT2D eigenvalue weighted by Gasteiger charge is 2.24. The van der Waals surface area contributed by atoms with Crippen LogP contribution in [0.4, 0.5) is 0 Å². The maximum absolute atomic E-state index is 12.0. The van der Waals surface area contributed by atoms with Crippen LogP contribution >= 0.6 is 7.82 Å². The van der Waals surface area contributed by atoms with Gasteiger partial charge in [-0.25, -0.2) is 4.57 Å². The van der Waals surface area contributed by atoms with Gasteiger partial charge in [0.2, 0.25) is 0 Å². The molecule has 0 amide bonds. The molecule has 0 spiro atoms. The zero-order valence-electron chi connectivity index (χ0n) is 30.7. The van der Waals surface area contributed by atoms with Crippen LogP contribution in [-0.2, 0) is 18.3 Å². The number of hydrogen-bond acceptors (Lipinski definition) is 6. The lowest BCUT2D eigenvalue weighted by atomic mass is 10.0. The fourth-order valence-electron chi connectivity index (χ4n) is 5.48. The van der Waals surface area contributed by atoms with Gasteiger partial charge in [-0.2, -0.15) is 0 Å². The first kappa shape index (κ1) is 46.2. The van der Waals surface area contributed by atoms with E-state index in [0.717, 1.165) is 38.5 Å². The van der Waals surface area contributed by atoms with Crippen molar-refractivity contribution in [2.75, 3.05) is 26.4 Å². The second-order valence-corrected chi connectivity index (χ2v) is 14.4. The van der Waals surface area contributed by atoms with Crippen molar-refractivity contribution in [3.05, 3.63) is 36.5 Å². The van der Waals surface area contributed by atoms with Crippen LogP contribution in [0.25, 0.3) is 0 Å². The Kier molecular flexibility index (Phi) is 35.9. The van der Waals surface area contributed by atoms with Crippen LogP contribution in [0.5, 0.6) is 0 Å². The number of aliphatic hydroxyl groups excluding tert-OH is 1. The van der Waals surface area contributed by atoms with E-state index < -0.39 is 13.9 Å². The Morgan fingerprint density at radius 3 is 1.64 bits per heavy atom. The van der Waals surface area contributed by atoms with Gasteiger partial charge in [0.15, 0.2) is 0 Å². The van der Waals surface area contributed by atoms with Gasteiger partial charge in [0.25, 0.3) is 0 Å². The summed E-state index contributed by atoms with van der Waals surface area (Å²) in [7, 11) is -4.22. The summed E-state index contributed by atoms with van der Waals surface area (Å²) >= 11 is 0. The lowest BCUT2D eigenvalue weighted by Gasteiger charge is -2.22. The summed E-state index contributed by atoms with van der Waals surface area (Å²) in [6, 6.07) is 0. The summed E-state index contributed by atoms with van der Waals surface area (Å²) in [4.78, 5) is 9.82. The summed E-state index contributed by atoms with van der Waals surface area (Å²) in [5.41, 5.74) is 5.35. The van der Waals surface area contributed by atoms with Crippen molar-refractivity contribution in [3.63, 3.8) is 0 Å². The van der Waals surface area contributed by atoms with E-state index in [0.29, 0.717) is 0 Å². The van der Waals surface area contributed by atoms with Gasteiger partial charge in [0.05, 0.1) is 25.9 Å². The number of ether oxygens (including phenoxy) is 1. The number of aliphatic hydroxyl groups is 1. The Balaban J connectivity index is 4.40. The first-order chi connectivity index (χ1) is 23.0. The van der Waals surface area contributed by atoms with Crippen LogP contribution in [0.1, 0.15) is 174 Å². The van der Waals surface area contributed by atoms with Gasteiger partial charge >= 0.3 is 7.82 Å². The van der Waals surface area contributed by atoms with Crippen LogP contribution < -0.4 is 5.73 Å². The Morgan fingerprint density at radius 1 is 0.638 bits per heavy atom. The van der Waals surface area contributed by atoms with E-state index in [1.165, 1.54) is 122 Å². The topological polar surface area (TPSA) is 111 Å². The van der Waals surface area contributed by atoms with Gasteiger partial charge in [0.1, 0.15) is 6.10 Å². The van der Waals surface area contributed by atoms with Crippen molar-refractivity contribution < 1.29 is 28.3 Å². The fourth-order valence-corrected chi connectivity index (χ4v) is 6.25. The molecule has 2 unspecified atom stereocenters. The molecule has 3 atom stereocenters. The van der Waals surface area contributed by atoms with E-state index in [-0.39, 0.29) is 32.5 Å². The molecular formula is C39H76NO6P. The van der Waals surface area contributed by atoms with Crippen LogP contribution in [-0.4, -0.2) is 48.6 Å². The molecule has 0 radical (unpaired) electrons. The number of unbranched alkanes of at least 4 members (excludes halogenated alkanes) is 20. The van der Waals surface area contributed by atoms with Crippen molar-refractivity contribution >= 4 is 7.82 Å². The van der Waals surface area contributed by atoms with Crippen molar-refractivity contribution in [2.45, 2.75) is 187 Å². The van der Waals surface area contributed by atoms with E-state index in [9.17, 15) is 14.6 Å². The molecule has 0 saturated heterocycles. The van der Waals surface area contributed by atoms with Gasteiger partial charge in [-0.05, 0) is 51.4 Å². The fraction of sp³-hybridized carbons (Fsp3) is 0.846. The largest absolute Gasteiger partial charge is 0.472 e. The number of allylic oxidation sites excluding steroid dienone is 5. The van der Waals surface area contributed by atoms with E-state index in [4.69, 9.17) is 19.5 Å². The molecule has 0 aliphatic rings. The third-order valence-electron chi connectivity index (χ3n) is 8.38. The molecule has 4 N–H and O–H groups in total. The minimum atomic E-state index is -4.22. The third kappa shape index (κ3) is 34.9. The Labute approximate surface area is 290 Å². The van der Waals surface area contributed by atoms with Gasteiger partial charge in [-0.1, -0.05) is 159 Å². The maximum Gasteiger partial charge on any atom is 0.472 e. The minimum Gasteiger partial charge on any atom is -0.394 e. The molecule has 0 aliphatic heterocycles. The molecule has 278 valence electrons. The van der Waals surface area contributed by atoms with Crippen LogP contribution in [0.2, 0.25) is 0 Å². The van der Waals surface area contributed by atoms with Crippen molar-refractivity contribution in [1.82, 2.24) is 0 Å². The van der Waals surface area contributed by atoms with Crippen molar-refractivity contribution in [3.8, 4) is 0 Å². The normalized spacial score (nSPS) is 14.9. The lowest BCUT2D eigenvalue weighted by Crippen LogP contribution is -2.28. The molecule has 7 nitrogen and oxygen atoms in total. The third-order valence-corrected chi connectivity index (χ3v) is 9.37. The average molecular weight is 686 g/mol. The van der Waals surface area contributed by atoms with E-state index in [1.807, 2.05) is 0 Å². The van der Waals surface area contributed by atoms with E-state index in [2.05, 4.69) is 50.3 Å². The van der Waals surface area contributed by atoms with Crippen LogP contribution in [0.15, 0.2) is 36.5 Å². The molecule has 0 aromatic carbocycles. The van der Waals surface area contributed by atoms with Crippen LogP contribution in [0.3, 0.4) is 0 Å². The molecule has 0 aliphatic carbocycles. The molecule has 0 aromatic rings. The molecule has 0 saturated carbocycles. The predicted molar refractivity (Wildman–Crippen MR) is 201 cm³/mol. The number of nitrogens with two attached hydrogens (primary N) is 1. The number of hydrogen-bond donors (Lipinski definition) is 3. The monoisotopic (exact) mass is 686 g/mol. The summed E-state index contributed by atoms with van der Waals surface area (Å²) in [6.45, 7) is 4.03. The van der Waals surface area contributed by atoms with Gasteiger partial charge in [-0.3, -0.25) is 9.05 Å². The molecule has 0 aromatic heterocycles. The summed E-state index contributed by atoms with van der Waals surface area (Å²) < 4.78 is 28.0. The summed E-state index contributed by atoms with van der Waals surface area (Å²) in [5.74, 6) is 0. The smallest absolute Gasteiger partial charge is 0.394 e. The number of phosphoric ester groups is 1. The second-order valence-electron chi connectivity index (χ2n) is 13.0.